The molecule has 0 heterocycles. The summed E-state index contributed by atoms with van der Waals surface area (Å²) >= 11 is 0. The summed E-state index contributed by atoms with van der Waals surface area (Å²) in [5.74, 6) is -3.00. The van der Waals surface area contributed by atoms with Crippen LogP contribution < -0.4 is 11.5 Å². The van der Waals surface area contributed by atoms with E-state index in [9.17, 15) is 19.2 Å². The Bertz CT molecular complexity index is 2630. The number of carbonyl (C=O) groups excluding carboxylic acids is 4. The third-order valence-corrected chi connectivity index (χ3v) is 11.8. The second kappa shape index (κ2) is 16.4. The molecule has 60 heavy (non-hydrogen) atoms. The van der Waals surface area contributed by atoms with Gasteiger partial charge in [-0.25, -0.2) is 8.78 Å². The van der Waals surface area contributed by atoms with Crippen LogP contribution in [0.3, 0.4) is 0 Å². The van der Waals surface area contributed by atoms with E-state index in [2.05, 4.69) is 0 Å². The predicted octanol–water partition coefficient (Wildman–Crippen LogP) is 8.96. The summed E-state index contributed by atoms with van der Waals surface area (Å²) in [6, 6.07) is 34.6. The van der Waals surface area contributed by atoms with E-state index in [4.69, 9.17) is 11.5 Å². The van der Waals surface area contributed by atoms with E-state index in [-0.39, 0.29) is 17.2 Å². The standard InChI is InChI=1S/C50H44F2N4O4/c1-29-24-39-37(41(51)26-29)20-22-43(39)55(49(59)34-12-7-4-8-13-34)46(48(54)58)33-18-16-31(17-19-33)35-14-9-15-36(28-35)50(60)56(45(47(53)57)32-10-5-3-6-11-32)44-23-21-38-40(44)25-30(2)27-42(38)52/h3-19,24-28,43-46H,20-23H2,1-2H3,(H2,53,57)(H2,54,58)/t43-,44-,45-,46+/m1/s1. The van der Waals surface area contributed by atoms with Gasteiger partial charge in [-0.2, -0.15) is 0 Å². The minimum absolute atomic E-state index is 0.289. The lowest BCUT2D eigenvalue weighted by Gasteiger charge is -2.36. The SMILES string of the molecule is Cc1cc(F)c2c(c1)[C@H](N(C(=O)c1ccccc1)[C@H](C(N)=O)c1ccc(-c3cccc(C(=O)N([C@@H]4CCc5c(F)cc(C)cc54)[C@@H](C(N)=O)c4ccccc4)c3)cc1)CC2. The molecule has 0 fully saturated rings. The first-order valence-corrected chi connectivity index (χ1v) is 20.0. The average molecular weight is 803 g/mol. The number of hydrogen-bond acceptors (Lipinski definition) is 4. The number of rotatable bonds is 11. The van der Waals surface area contributed by atoms with E-state index in [0.717, 1.165) is 0 Å². The van der Waals surface area contributed by atoms with E-state index in [1.54, 1.807) is 111 Å². The Morgan fingerprint density at radius 3 is 1.48 bits per heavy atom. The largest absolute Gasteiger partial charge is 0.368 e. The van der Waals surface area contributed by atoms with Crippen LogP contribution in [0.15, 0.2) is 133 Å². The monoisotopic (exact) mass is 802 g/mol. The molecule has 0 spiro atoms. The van der Waals surface area contributed by atoms with Crippen LogP contribution in [0.4, 0.5) is 8.78 Å². The first-order chi connectivity index (χ1) is 28.9. The number of fused-ring (bicyclic) bond motifs is 2. The zero-order valence-electron chi connectivity index (χ0n) is 33.3. The van der Waals surface area contributed by atoms with Gasteiger partial charge >= 0.3 is 0 Å². The van der Waals surface area contributed by atoms with Crippen molar-refractivity contribution in [2.75, 3.05) is 0 Å². The number of primary amides is 2. The first kappa shape index (κ1) is 39.9. The van der Waals surface area contributed by atoms with Crippen molar-refractivity contribution in [1.29, 1.82) is 0 Å². The number of halogens is 2. The maximum absolute atomic E-state index is 15.2. The summed E-state index contributed by atoms with van der Waals surface area (Å²) in [6.45, 7) is 3.59. The Kier molecular flexibility index (Phi) is 10.9. The Labute approximate surface area is 347 Å². The second-order valence-corrected chi connectivity index (χ2v) is 15.8. The molecule has 6 aromatic rings. The molecule has 8 rings (SSSR count). The molecular weight excluding hydrogens is 759 g/mol. The Morgan fingerprint density at radius 1 is 0.533 bits per heavy atom. The van der Waals surface area contributed by atoms with Gasteiger partial charge in [-0.1, -0.05) is 97.1 Å². The normalized spacial score (nSPS) is 16.3. The van der Waals surface area contributed by atoms with E-state index in [0.29, 0.717) is 86.9 Å². The molecule has 4 atom stereocenters. The number of benzene rings is 6. The lowest BCUT2D eigenvalue weighted by atomic mass is 9.94. The molecule has 2 aliphatic carbocycles. The maximum Gasteiger partial charge on any atom is 0.255 e. The van der Waals surface area contributed by atoms with Crippen molar-refractivity contribution in [3.63, 3.8) is 0 Å². The maximum atomic E-state index is 15.2. The third-order valence-electron chi connectivity index (χ3n) is 11.8. The summed E-state index contributed by atoms with van der Waals surface area (Å²) in [5, 5.41) is 0. The van der Waals surface area contributed by atoms with Gasteiger partial charge in [-0.3, -0.25) is 19.2 Å². The minimum atomic E-state index is -1.20. The first-order valence-electron chi connectivity index (χ1n) is 20.0. The van der Waals surface area contributed by atoms with Gasteiger partial charge in [0, 0.05) is 11.1 Å². The van der Waals surface area contributed by atoms with Crippen molar-refractivity contribution in [1.82, 2.24) is 9.80 Å². The highest BCUT2D eigenvalue weighted by molar-refractivity contribution is 6.00. The Morgan fingerprint density at radius 2 is 0.983 bits per heavy atom. The summed E-state index contributed by atoms with van der Waals surface area (Å²) in [6.07, 6.45) is 1.62. The molecule has 2 aliphatic rings. The fourth-order valence-electron chi connectivity index (χ4n) is 9.18. The van der Waals surface area contributed by atoms with Crippen LogP contribution >= 0.6 is 0 Å². The van der Waals surface area contributed by atoms with Crippen molar-refractivity contribution >= 4 is 23.6 Å². The zero-order valence-corrected chi connectivity index (χ0v) is 33.3. The highest BCUT2D eigenvalue weighted by atomic mass is 19.1. The van der Waals surface area contributed by atoms with E-state index >= 15 is 8.78 Å². The number of aryl methyl sites for hydroxylation is 2. The topological polar surface area (TPSA) is 127 Å². The molecule has 8 nitrogen and oxygen atoms in total. The molecule has 0 saturated heterocycles. The Hall–Kier alpha value is -6.94. The number of carbonyl (C=O) groups is 4. The highest BCUT2D eigenvalue weighted by Gasteiger charge is 2.42. The number of nitrogens with zero attached hydrogens (tertiary/aromatic N) is 2. The molecule has 10 heteroatoms. The molecule has 0 bridgehead atoms. The lowest BCUT2D eigenvalue weighted by Crippen LogP contribution is -2.43. The van der Waals surface area contributed by atoms with Gasteiger partial charge in [0.1, 0.15) is 23.7 Å². The van der Waals surface area contributed by atoms with Gasteiger partial charge in [0.05, 0.1) is 12.1 Å². The molecule has 6 aromatic carbocycles. The Balaban J connectivity index is 1.16. The van der Waals surface area contributed by atoms with Crippen LogP contribution in [-0.4, -0.2) is 33.4 Å². The lowest BCUT2D eigenvalue weighted by molar-refractivity contribution is -0.124. The van der Waals surface area contributed by atoms with Gasteiger partial charge in [-0.15, -0.1) is 0 Å². The molecular formula is C50H44F2N4O4. The van der Waals surface area contributed by atoms with Crippen molar-refractivity contribution in [2.24, 2.45) is 11.5 Å². The molecule has 0 aliphatic heterocycles. The molecule has 0 radical (unpaired) electrons. The molecule has 4 N–H and O–H groups in total. The van der Waals surface area contributed by atoms with Gasteiger partial charge < -0.3 is 21.3 Å². The molecule has 0 unspecified atom stereocenters. The summed E-state index contributed by atoms with van der Waals surface area (Å²) in [4.78, 5) is 59.1. The summed E-state index contributed by atoms with van der Waals surface area (Å²) < 4.78 is 30.4. The quantitative estimate of drug-likeness (QED) is 0.136. The van der Waals surface area contributed by atoms with Gasteiger partial charge in [0.25, 0.3) is 11.8 Å². The van der Waals surface area contributed by atoms with Crippen molar-refractivity contribution < 1.29 is 28.0 Å². The van der Waals surface area contributed by atoms with Gasteiger partial charge in [-0.05, 0) is 132 Å². The molecule has 0 aromatic heterocycles. The van der Waals surface area contributed by atoms with Crippen LogP contribution in [0, 0.1) is 25.5 Å². The van der Waals surface area contributed by atoms with Crippen LogP contribution in [0.25, 0.3) is 11.1 Å². The number of amides is 4. The minimum Gasteiger partial charge on any atom is -0.368 e. The van der Waals surface area contributed by atoms with Crippen molar-refractivity contribution in [2.45, 2.75) is 63.7 Å². The van der Waals surface area contributed by atoms with Crippen LogP contribution in [0.2, 0.25) is 0 Å². The van der Waals surface area contributed by atoms with E-state index in [1.807, 2.05) is 24.3 Å². The summed E-state index contributed by atoms with van der Waals surface area (Å²) in [5.41, 5.74) is 19.0. The molecule has 0 saturated carbocycles. The van der Waals surface area contributed by atoms with Gasteiger partial charge in [0.15, 0.2) is 0 Å². The van der Waals surface area contributed by atoms with Crippen molar-refractivity contribution in [3.05, 3.63) is 201 Å². The smallest absolute Gasteiger partial charge is 0.255 e. The molecule has 4 amide bonds. The summed E-state index contributed by atoms with van der Waals surface area (Å²) in [7, 11) is 0. The number of nitrogens with two attached hydrogens (primary N) is 2. The van der Waals surface area contributed by atoms with Crippen LogP contribution in [0.1, 0.15) is 102 Å². The van der Waals surface area contributed by atoms with E-state index < -0.39 is 47.8 Å². The van der Waals surface area contributed by atoms with Crippen LogP contribution in [-0.2, 0) is 22.4 Å². The van der Waals surface area contributed by atoms with Crippen LogP contribution in [0.5, 0.6) is 0 Å². The molecule has 302 valence electrons. The highest BCUT2D eigenvalue weighted by Crippen LogP contribution is 2.44. The zero-order chi connectivity index (χ0) is 42.2. The average Bonchev–Trinajstić information content (AvgIpc) is 3.86. The number of hydrogen-bond donors (Lipinski definition) is 2. The fourth-order valence-corrected chi connectivity index (χ4v) is 9.18. The van der Waals surface area contributed by atoms with Gasteiger partial charge in [0.2, 0.25) is 11.8 Å². The third kappa shape index (κ3) is 7.45. The second-order valence-electron chi connectivity index (χ2n) is 15.8. The van der Waals surface area contributed by atoms with E-state index in [1.165, 1.54) is 21.9 Å². The fraction of sp³-hybridized carbons (Fsp3) is 0.200. The predicted molar refractivity (Wildman–Crippen MR) is 225 cm³/mol. The van der Waals surface area contributed by atoms with Crippen molar-refractivity contribution in [3.8, 4) is 11.1 Å².